The van der Waals surface area contributed by atoms with Crippen molar-refractivity contribution in [3.05, 3.63) is 26.8 Å². The zero-order valence-corrected chi connectivity index (χ0v) is 9.73. The standard InChI is InChI=1S/C9H4F2INO3/c10-9(11)16-7-1-4(3-13)6(12)2-5(7)8(14)15/h1-2,9H,(H,14,15). The SMILES string of the molecule is N#Cc1cc(OC(F)F)c(C(=O)O)cc1I. The van der Waals surface area contributed by atoms with Crippen molar-refractivity contribution >= 4 is 28.6 Å². The minimum absolute atomic E-state index is 0.0845. The van der Waals surface area contributed by atoms with Crippen molar-refractivity contribution in [3.63, 3.8) is 0 Å². The van der Waals surface area contributed by atoms with Gasteiger partial charge in [-0.25, -0.2) is 4.79 Å². The van der Waals surface area contributed by atoms with Crippen LogP contribution in [0.5, 0.6) is 5.75 Å². The summed E-state index contributed by atoms with van der Waals surface area (Å²) >= 11 is 1.74. The maximum atomic E-state index is 12.0. The Hall–Kier alpha value is -1.43. The Labute approximate surface area is 103 Å². The molecule has 0 aliphatic rings. The van der Waals surface area contributed by atoms with Crippen molar-refractivity contribution in [2.75, 3.05) is 0 Å². The molecule has 0 amide bonds. The Morgan fingerprint density at radius 1 is 1.56 bits per heavy atom. The molecule has 0 radical (unpaired) electrons. The molecule has 0 spiro atoms. The lowest BCUT2D eigenvalue weighted by Gasteiger charge is -2.09. The molecule has 7 heteroatoms. The molecular formula is C9H4F2INO3. The summed E-state index contributed by atoms with van der Waals surface area (Å²) in [5, 5.41) is 17.4. The molecule has 84 valence electrons. The van der Waals surface area contributed by atoms with Gasteiger partial charge in [0.25, 0.3) is 0 Å². The molecule has 0 aliphatic carbocycles. The van der Waals surface area contributed by atoms with Crippen LogP contribution in [0.2, 0.25) is 0 Å². The lowest BCUT2D eigenvalue weighted by molar-refractivity contribution is -0.0503. The molecule has 1 rings (SSSR count). The van der Waals surface area contributed by atoms with E-state index in [1.54, 1.807) is 28.7 Å². The first-order valence-electron chi connectivity index (χ1n) is 3.87. The topological polar surface area (TPSA) is 70.3 Å². The van der Waals surface area contributed by atoms with Gasteiger partial charge >= 0.3 is 12.6 Å². The number of nitrogens with zero attached hydrogens (tertiary/aromatic N) is 1. The van der Waals surface area contributed by atoms with Crippen molar-refractivity contribution in [3.8, 4) is 11.8 Å². The number of carbonyl (C=O) groups is 1. The molecule has 16 heavy (non-hydrogen) atoms. The summed E-state index contributed by atoms with van der Waals surface area (Å²) in [6.45, 7) is -3.13. The van der Waals surface area contributed by atoms with Gasteiger partial charge in [0, 0.05) is 9.64 Å². The average molecular weight is 339 g/mol. The van der Waals surface area contributed by atoms with E-state index < -0.39 is 23.9 Å². The van der Waals surface area contributed by atoms with Crippen LogP contribution in [-0.4, -0.2) is 17.7 Å². The van der Waals surface area contributed by atoms with E-state index in [-0.39, 0.29) is 5.56 Å². The van der Waals surface area contributed by atoms with Gasteiger partial charge < -0.3 is 9.84 Å². The van der Waals surface area contributed by atoms with Gasteiger partial charge in [0.05, 0.1) is 5.56 Å². The molecule has 1 N–H and O–H groups in total. The van der Waals surface area contributed by atoms with E-state index in [9.17, 15) is 13.6 Å². The summed E-state index contributed by atoms with van der Waals surface area (Å²) in [6, 6.07) is 3.84. The highest BCUT2D eigenvalue weighted by molar-refractivity contribution is 14.1. The Bertz CT molecular complexity index is 471. The number of hydrogen-bond donors (Lipinski definition) is 1. The highest BCUT2D eigenvalue weighted by Gasteiger charge is 2.17. The molecule has 0 atom stereocenters. The number of rotatable bonds is 3. The third kappa shape index (κ3) is 2.79. The number of halogens is 3. The largest absolute Gasteiger partial charge is 0.478 e. The fourth-order valence-electron chi connectivity index (χ4n) is 1.000. The van der Waals surface area contributed by atoms with Crippen LogP contribution in [0.15, 0.2) is 12.1 Å². The van der Waals surface area contributed by atoms with Gasteiger partial charge in [-0.1, -0.05) is 0 Å². The van der Waals surface area contributed by atoms with Crippen molar-refractivity contribution in [1.82, 2.24) is 0 Å². The Balaban J connectivity index is 3.32. The first-order chi connectivity index (χ1) is 7.45. The fraction of sp³-hybridized carbons (Fsp3) is 0.111. The van der Waals surface area contributed by atoms with Gasteiger partial charge in [-0.15, -0.1) is 0 Å². The first kappa shape index (κ1) is 12.6. The van der Waals surface area contributed by atoms with Crippen LogP contribution < -0.4 is 4.74 Å². The Morgan fingerprint density at radius 2 is 2.19 bits per heavy atom. The lowest BCUT2D eigenvalue weighted by atomic mass is 10.1. The van der Waals surface area contributed by atoms with E-state index in [0.717, 1.165) is 12.1 Å². The number of carboxylic acid groups (broad SMARTS) is 1. The Morgan fingerprint density at radius 3 is 2.62 bits per heavy atom. The fourth-order valence-corrected chi connectivity index (χ4v) is 1.59. The third-order valence-electron chi connectivity index (χ3n) is 1.64. The lowest BCUT2D eigenvalue weighted by Crippen LogP contribution is -2.08. The molecule has 4 nitrogen and oxygen atoms in total. The second-order valence-corrected chi connectivity index (χ2v) is 3.79. The molecule has 0 unspecified atom stereocenters. The maximum absolute atomic E-state index is 12.0. The molecule has 0 bridgehead atoms. The molecule has 1 aromatic carbocycles. The normalized spacial score (nSPS) is 9.94. The maximum Gasteiger partial charge on any atom is 0.387 e. The minimum Gasteiger partial charge on any atom is -0.478 e. The van der Waals surface area contributed by atoms with Gasteiger partial charge in [-0.3, -0.25) is 0 Å². The number of aromatic carboxylic acids is 1. The van der Waals surface area contributed by atoms with Gasteiger partial charge in [0.15, 0.2) is 0 Å². The smallest absolute Gasteiger partial charge is 0.387 e. The van der Waals surface area contributed by atoms with Gasteiger partial charge in [-0.2, -0.15) is 14.0 Å². The zero-order valence-electron chi connectivity index (χ0n) is 7.58. The summed E-state index contributed by atoms with van der Waals surface area (Å²) in [5.41, 5.74) is -0.315. The molecule has 1 aromatic rings. The number of alkyl halides is 2. The zero-order chi connectivity index (χ0) is 12.3. The third-order valence-corrected chi connectivity index (χ3v) is 2.53. The monoisotopic (exact) mass is 339 g/mol. The molecule has 0 heterocycles. The highest BCUT2D eigenvalue weighted by Crippen LogP contribution is 2.26. The van der Waals surface area contributed by atoms with Crippen LogP contribution in [0.1, 0.15) is 15.9 Å². The van der Waals surface area contributed by atoms with E-state index in [1.807, 2.05) is 0 Å². The first-order valence-corrected chi connectivity index (χ1v) is 4.95. The summed E-state index contributed by atoms with van der Waals surface area (Å²) < 4.78 is 28.4. The molecule has 0 fully saturated rings. The second kappa shape index (κ2) is 5.07. The van der Waals surface area contributed by atoms with E-state index in [2.05, 4.69) is 4.74 Å². The van der Waals surface area contributed by atoms with E-state index in [1.165, 1.54) is 0 Å². The average Bonchev–Trinajstić information content (AvgIpc) is 2.19. The van der Waals surface area contributed by atoms with Crippen molar-refractivity contribution < 1.29 is 23.4 Å². The number of nitriles is 1. The number of benzene rings is 1. The number of carboxylic acids is 1. The van der Waals surface area contributed by atoms with Gasteiger partial charge in [0.1, 0.15) is 17.4 Å². The van der Waals surface area contributed by atoms with Crippen LogP contribution in [0.4, 0.5) is 8.78 Å². The quantitative estimate of drug-likeness (QED) is 0.859. The van der Waals surface area contributed by atoms with E-state index >= 15 is 0 Å². The summed E-state index contributed by atoms with van der Waals surface area (Å²) in [4.78, 5) is 10.7. The second-order valence-electron chi connectivity index (χ2n) is 2.62. The van der Waals surface area contributed by atoms with Crippen molar-refractivity contribution in [1.29, 1.82) is 5.26 Å². The predicted octanol–water partition coefficient (Wildman–Crippen LogP) is 2.46. The summed E-state index contributed by atoms with van der Waals surface area (Å²) in [5.74, 6) is -1.91. The molecular weight excluding hydrogens is 335 g/mol. The predicted molar refractivity (Wildman–Crippen MR) is 57.5 cm³/mol. The Kier molecular flexibility index (Phi) is 4.00. The van der Waals surface area contributed by atoms with Crippen LogP contribution in [0.3, 0.4) is 0 Å². The van der Waals surface area contributed by atoms with Crippen LogP contribution >= 0.6 is 22.6 Å². The van der Waals surface area contributed by atoms with Crippen molar-refractivity contribution in [2.24, 2.45) is 0 Å². The highest BCUT2D eigenvalue weighted by atomic mass is 127. The van der Waals surface area contributed by atoms with Crippen LogP contribution in [-0.2, 0) is 0 Å². The van der Waals surface area contributed by atoms with E-state index in [4.69, 9.17) is 10.4 Å². The minimum atomic E-state index is -3.13. The molecule has 0 aromatic heterocycles. The molecule has 0 saturated heterocycles. The van der Waals surface area contributed by atoms with Crippen LogP contribution in [0, 0.1) is 14.9 Å². The molecule has 0 saturated carbocycles. The summed E-state index contributed by atoms with van der Waals surface area (Å²) in [6.07, 6.45) is 0. The van der Waals surface area contributed by atoms with E-state index in [0.29, 0.717) is 3.57 Å². The van der Waals surface area contributed by atoms with Gasteiger partial charge in [-0.05, 0) is 28.7 Å². The van der Waals surface area contributed by atoms with Gasteiger partial charge in [0.2, 0.25) is 0 Å². The van der Waals surface area contributed by atoms with Crippen LogP contribution in [0.25, 0.3) is 0 Å². The number of ether oxygens (including phenoxy) is 1. The van der Waals surface area contributed by atoms with Crippen molar-refractivity contribution in [2.45, 2.75) is 6.61 Å². The summed E-state index contributed by atoms with van der Waals surface area (Å²) in [7, 11) is 0. The number of hydrogen-bond acceptors (Lipinski definition) is 3. The molecule has 0 aliphatic heterocycles.